The molecule has 1 N–H and O–H groups in total. The van der Waals surface area contributed by atoms with Crippen LogP contribution in [0.4, 0.5) is 0 Å². The average Bonchev–Trinajstić information content (AvgIpc) is 2.77. The van der Waals surface area contributed by atoms with Crippen LogP contribution in [0.1, 0.15) is 25.7 Å². The van der Waals surface area contributed by atoms with E-state index in [9.17, 15) is 4.79 Å². The van der Waals surface area contributed by atoms with Crippen LogP contribution in [-0.4, -0.2) is 19.2 Å². The van der Waals surface area contributed by atoms with Crippen molar-refractivity contribution in [3.8, 4) is 0 Å². The maximum Gasteiger partial charge on any atom is 0.294 e. The van der Waals surface area contributed by atoms with E-state index in [1.807, 2.05) is 0 Å². The van der Waals surface area contributed by atoms with Crippen molar-refractivity contribution < 1.29 is 9.53 Å². The van der Waals surface area contributed by atoms with Gasteiger partial charge in [-0.3, -0.25) is 10.1 Å². The van der Waals surface area contributed by atoms with Gasteiger partial charge in [0.1, 0.15) is 0 Å². The first-order valence-corrected chi connectivity index (χ1v) is 4.20. The third-order valence-electron chi connectivity index (χ3n) is 2.82. The third kappa shape index (κ3) is 1.13. The fourth-order valence-electron chi connectivity index (χ4n) is 1.94. The molecule has 11 heavy (non-hydrogen) atoms. The van der Waals surface area contributed by atoms with Crippen LogP contribution in [0.5, 0.6) is 0 Å². The highest BCUT2D eigenvalue weighted by Crippen LogP contribution is 2.53. The van der Waals surface area contributed by atoms with Gasteiger partial charge in [-0.1, -0.05) is 0 Å². The van der Waals surface area contributed by atoms with Gasteiger partial charge >= 0.3 is 0 Å². The number of rotatable bonds is 2. The van der Waals surface area contributed by atoms with E-state index in [0.29, 0.717) is 11.9 Å². The largest absolute Gasteiger partial charge is 0.448 e. The van der Waals surface area contributed by atoms with Gasteiger partial charge in [0, 0.05) is 5.41 Å². The molecule has 1 aliphatic carbocycles. The van der Waals surface area contributed by atoms with Gasteiger partial charge in [-0.2, -0.15) is 0 Å². The van der Waals surface area contributed by atoms with Crippen LogP contribution in [0.3, 0.4) is 0 Å². The van der Waals surface area contributed by atoms with Crippen molar-refractivity contribution in [3.63, 3.8) is 0 Å². The van der Waals surface area contributed by atoms with Crippen molar-refractivity contribution in [2.45, 2.75) is 31.9 Å². The Morgan fingerprint density at radius 3 is 2.91 bits per heavy atom. The zero-order valence-corrected chi connectivity index (χ0v) is 6.51. The number of hydrogen-bond donors (Lipinski definition) is 1. The maximum absolute atomic E-state index is 10.1. The quantitative estimate of drug-likeness (QED) is 0.595. The Labute approximate surface area is 66.1 Å². The summed E-state index contributed by atoms with van der Waals surface area (Å²) in [4.78, 5) is 10.1. The van der Waals surface area contributed by atoms with E-state index in [4.69, 9.17) is 4.74 Å². The first-order valence-electron chi connectivity index (χ1n) is 4.20. The van der Waals surface area contributed by atoms with Crippen molar-refractivity contribution >= 4 is 6.47 Å². The summed E-state index contributed by atoms with van der Waals surface area (Å²) >= 11 is 0. The lowest BCUT2D eigenvalue weighted by atomic mass is 9.94. The molecule has 1 atom stereocenters. The Hall–Kier alpha value is -0.570. The summed E-state index contributed by atoms with van der Waals surface area (Å²) in [6.45, 7) is 1.54. The number of piperidine rings is 1. The van der Waals surface area contributed by atoms with Gasteiger partial charge in [-0.05, 0) is 32.2 Å². The summed E-state index contributed by atoms with van der Waals surface area (Å²) in [6.07, 6.45) is 4.89. The van der Waals surface area contributed by atoms with E-state index in [-0.39, 0.29) is 6.23 Å². The van der Waals surface area contributed by atoms with Crippen LogP contribution in [-0.2, 0) is 9.53 Å². The summed E-state index contributed by atoms with van der Waals surface area (Å²) in [5.74, 6) is 0. The van der Waals surface area contributed by atoms with E-state index < -0.39 is 0 Å². The molecule has 1 saturated carbocycles. The van der Waals surface area contributed by atoms with Crippen LogP contribution in [0, 0.1) is 5.41 Å². The molecule has 2 fully saturated rings. The molecular formula is C8H13NO2. The number of carbonyl (C=O) groups excluding carboxylic acids is 1. The van der Waals surface area contributed by atoms with Gasteiger partial charge < -0.3 is 4.74 Å². The number of nitrogens with one attached hydrogen (secondary N) is 1. The predicted molar refractivity (Wildman–Crippen MR) is 39.8 cm³/mol. The summed E-state index contributed by atoms with van der Waals surface area (Å²) in [5.41, 5.74) is 0.333. The van der Waals surface area contributed by atoms with E-state index in [1.54, 1.807) is 0 Å². The summed E-state index contributed by atoms with van der Waals surface area (Å²) in [7, 11) is 0. The molecule has 0 amide bonds. The first-order chi connectivity index (χ1) is 5.37. The molecule has 2 rings (SSSR count). The summed E-state index contributed by atoms with van der Waals surface area (Å²) < 4.78 is 4.97. The highest BCUT2D eigenvalue weighted by molar-refractivity contribution is 5.38. The van der Waals surface area contributed by atoms with Crippen LogP contribution >= 0.6 is 0 Å². The Kier molecular flexibility index (Phi) is 1.60. The van der Waals surface area contributed by atoms with Crippen molar-refractivity contribution in [1.29, 1.82) is 0 Å². The highest BCUT2D eigenvalue weighted by atomic mass is 16.5. The van der Waals surface area contributed by atoms with Gasteiger partial charge in [-0.25, -0.2) is 0 Å². The van der Waals surface area contributed by atoms with E-state index in [0.717, 1.165) is 6.54 Å². The molecule has 0 aromatic carbocycles. The van der Waals surface area contributed by atoms with Crippen molar-refractivity contribution in [3.05, 3.63) is 0 Å². The smallest absolute Gasteiger partial charge is 0.294 e. The Morgan fingerprint density at radius 1 is 1.45 bits per heavy atom. The van der Waals surface area contributed by atoms with Gasteiger partial charge in [-0.15, -0.1) is 0 Å². The molecule has 1 heterocycles. The molecule has 3 heteroatoms. The lowest BCUT2D eigenvalue weighted by molar-refractivity contribution is -0.140. The number of carbonyl (C=O) groups is 1. The molecule has 1 aliphatic heterocycles. The molecule has 0 aromatic rings. The van der Waals surface area contributed by atoms with Gasteiger partial charge in [0.2, 0.25) is 0 Å². The number of ether oxygens (including phenoxy) is 1. The van der Waals surface area contributed by atoms with Crippen molar-refractivity contribution in [1.82, 2.24) is 5.32 Å². The minimum Gasteiger partial charge on any atom is -0.448 e. The molecular weight excluding hydrogens is 142 g/mol. The second-order valence-corrected chi connectivity index (χ2v) is 3.53. The minimum absolute atomic E-state index is 0.00810. The van der Waals surface area contributed by atoms with Crippen LogP contribution < -0.4 is 5.32 Å². The molecule has 1 unspecified atom stereocenters. The SMILES string of the molecule is O=COC1NCCCC12CC2. The van der Waals surface area contributed by atoms with Crippen LogP contribution in [0.25, 0.3) is 0 Å². The predicted octanol–water partition coefficient (Wildman–Crippen LogP) is 0.649. The zero-order valence-electron chi connectivity index (χ0n) is 6.51. The second kappa shape index (κ2) is 2.48. The highest BCUT2D eigenvalue weighted by Gasteiger charge is 2.51. The first kappa shape index (κ1) is 7.10. The van der Waals surface area contributed by atoms with Gasteiger partial charge in [0.15, 0.2) is 6.23 Å². The molecule has 3 nitrogen and oxygen atoms in total. The molecule has 1 saturated heterocycles. The standard InChI is InChI=1S/C8H13NO2/c10-6-11-7-8(3-4-8)2-1-5-9-7/h6-7,9H,1-5H2. The Morgan fingerprint density at radius 2 is 2.27 bits per heavy atom. The Bertz CT molecular complexity index is 165. The van der Waals surface area contributed by atoms with Crippen LogP contribution in [0.2, 0.25) is 0 Å². The molecule has 0 bridgehead atoms. The van der Waals surface area contributed by atoms with Gasteiger partial charge in [0.25, 0.3) is 6.47 Å². The van der Waals surface area contributed by atoms with Crippen molar-refractivity contribution in [2.75, 3.05) is 6.54 Å². The fourth-order valence-corrected chi connectivity index (χ4v) is 1.94. The molecule has 62 valence electrons. The lowest BCUT2D eigenvalue weighted by Crippen LogP contribution is -2.44. The average molecular weight is 155 g/mol. The number of hydrogen-bond acceptors (Lipinski definition) is 3. The molecule has 0 aromatic heterocycles. The van der Waals surface area contributed by atoms with E-state index in [1.165, 1.54) is 25.7 Å². The van der Waals surface area contributed by atoms with E-state index in [2.05, 4.69) is 5.32 Å². The topological polar surface area (TPSA) is 38.3 Å². The van der Waals surface area contributed by atoms with Crippen LogP contribution in [0.15, 0.2) is 0 Å². The zero-order chi connectivity index (χ0) is 7.73. The maximum atomic E-state index is 10.1. The molecule has 0 radical (unpaired) electrons. The van der Waals surface area contributed by atoms with Crippen molar-refractivity contribution in [2.24, 2.45) is 5.41 Å². The normalized spacial score (nSPS) is 33.3. The van der Waals surface area contributed by atoms with E-state index >= 15 is 0 Å². The summed E-state index contributed by atoms with van der Waals surface area (Å²) in [6, 6.07) is 0. The van der Waals surface area contributed by atoms with Gasteiger partial charge in [0.05, 0.1) is 0 Å². The molecule has 2 aliphatic rings. The third-order valence-corrected chi connectivity index (χ3v) is 2.82. The second-order valence-electron chi connectivity index (χ2n) is 3.53. The lowest BCUT2D eigenvalue weighted by Gasteiger charge is -2.30. The minimum atomic E-state index is 0.00810. The monoisotopic (exact) mass is 155 g/mol. The fraction of sp³-hybridized carbons (Fsp3) is 0.875. The molecule has 1 spiro atoms. The summed E-state index contributed by atoms with van der Waals surface area (Å²) in [5, 5.41) is 3.22. The Balaban J connectivity index is 1.98.